The zero-order valence-electron chi connectivity index (χ0n) is 13.5. The van der Waals surface area contributed by atoms with Crippen LogP contribution in [-0.4, -0.2) is 50.8 Å². The molecule has 2 aromatic heterocycles. The first-order chi connectivity index (χ1) is 11.2. The zero-order chi connectivity index (χ0) is 16.1. The number of rotatable bonds is 7. The van der Waals surface area contributed by atoms with E-state index in [1.165, 1.54) is 16.4 Å². The predicted octanol–water partition coefficient (Wildman–Crippen LogP) is 1.86. The van der Waals surface area contributed by atoms with E-state index in [1.54, 1.807) is 0 Å². The fraction of sp³-hybridized carbons (Fsp3) is 0.600. The minimum absolute atomic E-state index is 0.292. The molecule has 0 aromatic carbocycles. The van der Waals surface area contributed by atoms with Gasteiger partial charge < -0.3 is 10.1 Å². The molecule has 0 radical (unpaired) electrons. The Morgan fingerprint density at radius 1 is 1.35 bits per heavy atom. The van der Waals surface area contributed by atoms with Gasteiger partial charge >= 0.3 is 0 Å². The van der Waals surface area contributed by atoms with E-state index in [0.29, 0.717) is 12.1 Å². The average Bonchev–Trinajstić information content (AvgIpc) is 3.19. The fourth-order valence-electron chi connectivity index (χ4n) is 2.55. The van der Waals surface area contributed by atoms with Crippen molar-refractivity contribution in [3.63, 3.8) is 0 Å². The van der Waals surface area contributed by atoms with E-state index in [0.717, 1.165) is 50.3 Å². The fourth-order valence-corrected chi connectivity index (χ4v) is 3.26. The largest absolute Gasteiger partial charge is 0.376 e. The quantitative estimate of drug-likeness (QED) is 0.828. The predicted molar refractivity (Wildman–Crippen MR) is 89.3 cm³/mol. The molecule has 7 nitrogen and oxygen atoms in total. The highest BCUT2D eigenvalue weighted by Gasteiger charge is 2.15. The van der Waals surface area contributed by atoms with Crippen molar-refractivity contribution < 1.29 is 4.74 Å². The molecule has 124 valence electrons. The molecule has 2 aromatic rings. The van der Waals surface area contributed by atoms with Gasteiger partial charge in [0.2, 0.25) is 5.95 Å². The molecule has 3 heterocycles. The van der Waals surface area contributed by atoms with Crippen LogP contribution in [0.2, 0.25) is 0 Å². The highest BCUT2D eigenvalue weighted by Crippen LogP contribution is 2.14. The maximum atomic E-state index is 5.58. The van der Waals surface area contributed by atoms with Crippen LogP contribution < -0.4 is 5.32 Å². The molecule has 1 atom stereocenters. The first-order valence-electron chi connectivity index (χ1n) is 7.83. The van der Waals surface area contributed by atoms with Crippen LogP contribution >= 0.6 is 11.5 Å². The summed E-state index contributed by atoms with van der Waals surface area (Å²) in [5.74, 6) is 0.661. The molecule has 1 fully saturated rings. The molecule has 1 aliphatic rings. The first kappa shape index (κ1) is 16.2. The molecule has 3 rings (SSSR count). The maximum Gasteiger partial charge on any atom is 0.222 e. The number of hydrogen-bond acceptors (Lipinski definition) is 8. The van der Waals surface area contributed by atoms with Crippen molar-refractivity contribution in [3.8, 4) is 0 Å². The topological polar surface area (TPSA) is 76.1 Å². The lowest BCUT2D eigenvalue weighted by molar-refractivity contribution is 0.120. The number of nitrogens with one attached hydrogen (secondary N) is 1. The molecule has 8 heteroatoms. The van der Waals surface area contributed by atoms with Gasteiger partial charge in [-0.2, -0.15) is 0 Å². The molecular weight excluding hydrogens is 312 g/mol. The summed E-state index contributed by atoms with van der Waals surface area (Å²) in [5.41, 5.74) is 2.09. The summed E-state index contributed by atoms with van der Waals surface area (Å²) in [7, 11) is 2.07. The minimum atomic E-state index is 0.292. The maximum absolute atomic E-state index is 5.58. The minimum Gasteiger partial charge on any atom is -0.376 e. The van der Waals surface area contributed by atoms with Crippen molar-refractivity contribution in [2.45, 2.75) is 39.0 Å². The number of aromatic nitrogens is 4. The van der Waals surface area contributed by atoms with Crippen LogP contribution in [-0.2, 0) is 17.8 Å². The zero-order valence-corrected chi connectivity index (χ0v) is 14.3. The third kappa shape index (κ3) is 4.66. The second kappa shape index (κ2) is 7.76. The lowest BCUT2D eigenvalue weighted by Gasteiger charge is -2.15. The van der Waals surface area contributed by atoms with Crippen LogP contribution in [0.25, 0.3) is 0 Å². The Balaban J connectivity index is 1.47. The number of hydrogen-bond donors (Lipinski definition) is 1. The van der Waals surface area contributed by atoms with E-state index in [9.17, 15) is 0 Å². The van der Waals surface area contributed by atoms with Crippen LogP contribution in [0.1, 0.15) is 29.0 Å². The summed E-state index contributed by atoms with van der Waals surface area (Å²) in [6.07, 6.45) is 6.30. The number of nitrogens with zero attached hydrogens (tertiary/aromatic N) is 5. The standard InChI is InChI=1S/C15H22N6OS/c1-11-14(23-20-19-11)10-21(2)9-12-6-16-15(17-7-12)18-8-13-4-3-5-22-13/h6-7,13H,3-5,8-10H2,1-2H3,(H,16,17,18). The van der Waals surface area contributed by atoms with E-state index in [4.69, 9.17) is 4.74 Å². The molecule has 1 saturated heterocycles. The van der Waals surface area contributed by atoms with Gasteiger partial charge in [-0.25, -0.2) is 9.97 Å². The van der Waals surface area contributed by atoms with Gasteiger partial charge in [0.25, 0.3) is 0 Å². The Kier molecular flexibility index (Phi) is 5.47. The SMILES string of the molecule is Cc1nnsc1CN(C)Cc1cnc(NCC2CCCO2)nc1. The van der Waals surface area contributed by atoms with Gasteiger partial charge in [-0.05, 0) is 38.3 Å². The van der Waals surface area contributed by atoms with E-state index in [-0.39, 0.29) is 0 Å². The van der Waals surface area contributed by atoms with E-state index < -0.39 is 0 Å². The lowest BCUT2D eigenvalue weighted by Crippen LogP contribution is -2.20. The molecule has 1 aliphatic heterocycles. The Morgan fingerprint density at radius 2 is 2.17 bits per heavy atom. The second-order valence-electron chi connectivity index (χ2n) is 5.88. The summed E-state index contributed by atoms with van der Waals surface area (Å²) in [5, 5.41) is 7.28. The summed E-state index contributed by atoms with van der Waals surface area (Å²) in [6, 6.07) is 0. The lowest BCUT2D eigenvalue weighted by atomic mass is 10.2. The van der Waals surface area contributed by atoms with E-state index in [1.807, 2.05) is 19.3 Å². The Bertz CT molecular complexity index is 611. The summed E-state index contributed by atoms with van der Waals surface area (Å²) in [6.45, 7) is 5.26. The van der Waals surface area contributed by atoms with Crippen molar-refractivity contribution in [1.82, 2.24) is 24.5 Å². The molecular formula is C15H22N6OS. The highest BCUT2D eigenvalue weighted by atomic mass is 32.1. The van der Waals surface area contributed by atoms with Gasteiger partial charge in [0.05, 0.1) is 16.7 Å². The number of ether oxygens (including phenoxy) is 1. The number of anilines is 1. The van der Waals surface area contributed by atoms with E-state index in [2.05, 4.69) is 36.8 Å². The van der Waals surface area contributed by atoms with Gasteiger partial charge in [-0.3, -0.25) is 4.90 Å². The van der Waals surface area contributed by atoms with Crippen molar-refractivity contribution in [2.24, 2.45) is 0 Å². The highest BCUT2D eigenvalue weighted by molar-refractivity contribution is 7.05. The monoisotopic (exact) mass is 334 g/mol. The third-order valence-corrected chi connectivity index (χ3v) is 4.64. The summed E-state index contributed by atoms with van der Waals surface area (Å²) >= 11 is 1.45. The van der Waals surface area contributed by atoms with Gasteiger partial charge in [-0.15, -0.1) is 5.10 Å². The van der Waals surface area contributed by atoms with Crippen LogP contribution in [0, 0.1) is 6.92 Å². The van der Waals surface area contributed by atoms with Gasteiger partial charge in [0.15, 0.2) is 0 Å². The molecule has 0 bridgehead atoms. The molecule has 1 unspecified atom stereocenters. The van der Waals surface area contributed by atoms with Crippen molar-refractivity contribution in [3.05, 3.63) is 28.5 Å². The van der Waals surface area contributed by atoms with Gasteiger partial charge in [0, 0.05) is 44.2 Å². The van der Waals surface area contributed by atoms with Crippen molar-refractivity contribution in [2.75, 3.05) is 25.5 Å². The molecule has 0 saturated carbocycles. The molecule has 23 heavy (non-hydrogen) atoms. The Hall–Kier alpha value is -1.64. The normalized spacial score (nSPS) is 17.8. The first-order valence-corrected chi connectivity index (χ1v) is 8.61. The van der Waals surface area contributed by atoms with Crippen molar-refractivity contribution in [1.29, 1.82) is 0 Å². The van der Waals surface area contributed by atoms with E-state index >= 15 is 0 Å². The average molecular weight is 334 g/mol. The van der Waals surface area contributed by atoms with Crippen LogP contribution in [0.3, 0.4) is 0 Å². The molecule has 0 amide bonds. The molecule has 0 aliphatic carbocycles. The van der Waals surface area contributed by atoms with Gasteiger partial charge in [-0.1, -0.05) is 4.49 Å². The summed E-state index contributed by atoms with van der Waals surface area (Å²) in [4.78, 5) is 12.2. The Labute approximate surface area is 140 Å². The van der Waals surface area contributed by atoms with Gasteiger partial charge in [0.1, 0.15) is 0 Å². The van der Waals surface area contributed by atoms with Crippen molar-refractivity contribution >= 4 is 17.5 Å². The van der Waals surface area contributed by atoms with Crippen LogP contribution in [0.4, 0.5) is 5.95 Å². The molecule has 1 N–H and O–H groups in total. The Morgan fingerprint density at radius 3 is 2.83 bits per heavy atom. The number of aryl methyl sites for hydroxylation is 1. The van der Waals surface area contributed by atoms with Crippen LogP contribution in [0.15, 0.2) is 12.4 Å². The smallest absolute Gasteiger partial charge is 0.222 e. The second-order valence-corrected chi connectivity index (χ2v) is 6.72. The summed E-state index contributed by atoms with van der Waals surface area (Å²) < 4.78 is 9.54. The third-order valence-electron chi connectivity index (χ3n) is 3.83. The molecule has 0 spiro atoms. The van der Waals surface area contributed by atoms with Crippen LogP contribution in [0.5, 0.6) is 0 Å².